The number of hydrogen-bond acceptors (Lipinski definition) is 9. The van der Waals surface area contributed by atoms with Crippen LogP contribution in [0, 0.1) is 12.3 Å². The van der Waals surface area contributed by atoms with Crippen molar-refractivity contribution in [2.75, 3.05) is 17.6 Å². The Morgan fingerprint density at radius 2 is 1.97 bits per heavy atom. The highest BCUT2D eigenvalue weighted by Gasteiger charge is 2.18. The summed E-state index contributed by atoms with van der Waals surface area (Å²) in [6.07, 6.45) is 0.724. The van der Waals surface area contributed by atoms with Gasteiger partial charge in [0.25, 0.3) is 0 Å². The molecule has 1 heterocycles. The van der Waals surface area contributed by atoms with E-state index in [1.165, 1.54) is 24.3 Å². The summed E-state index contributed by atoms with van der Waals surface area (Å²) in [4.78, 5) is 4.45. The van der Waals surface area contributed by atoms with Crippen molar-refractivity contribution in [1.29, 1.82) is 5.41 Å². The molecule has 0 bridgehead atoms. The van der Waals surface area contributed by atoms with Gasteiger partial charge >= 0.3 is 0 Å². The third-order valence-corrected chi connectivity index (χ3v) is 7.53. The van der Waals surface area contributed by atoms with Crippen LogP contribution in [0.2, 0.25) is 5.02 Å². The Bertz CT molecular complexity index is 1290. The van der Waals surface area contributed by atoms with Crippen LogP contribution in [0.5, 0.6) is 0 Å². The van der Waals surface area contributed by atoms with Crippen molar-refractivity contribution in [3.05, 3.63) is 63.2 Å². The van der Waals surface area contributed by atoms with E-state index in [9.17, 15) is 13.6 Å². The number of sulfone groups is 1. The molecule has 180 valence electrons. The van der Waals surface area contributed by atoms with Gasteiger partial charge in [0.2, 0.25) is 5.82 Å². The molecule has 1 aromatic heterocycles. The van der Waals surface area contributed by atoms with Crippen LogP contribution in [0.4, 0.5) is 11.5 Å². The summed E-state index contributed by atoms with van der Waals surface area (Å²) >= 11 is 9.24. The Labute approximate surface area is 209 Å². The lowest BCUT2D eigenvalue weighted by molar-refractivity contribution is 0.234. The van der Waals surface area contributed by atoms with E-state index < -0.39 is 9.84 Å². The van der Waals surface area contributed by atoms with E-state index in [-0.39, 0.29) is 40.1 Å². The number of aryl methyl sites for hydroxylation is 1. The Balaban J connectivity index is 1.56. The Morgan fingerprint density at radius 3 is 2.65 bits per heavy atom. The van der Waals surface area contributed by atoms with E-state index in [0.29, 0.717) is 23.7 Å². The SMILES string of the molecule is Cc1ccc(N=C(NO)c2nonc2NCCCC(=N)CS(=O)(=O)c2ccc(Cl)cc2)cc1Br. The molecule has 2 aromatic carbocycles. The molecule has 3 aromatic rings. The fourth-order valence-electron chi connectivity index (χ4n) is 2.91. The maximum absolute atomic E-state index is 12.4. The van der Waals surface area contributed by atoms with E-state index in [2.05, 4.69) is 36.6 Å². The fraction of sp³-hybridized carbons (Fsp3) is 0.238. The fourth-order valence-corrected chi connectivity index (χ4v) is 4.72. The van der Waals surface area contributed by atoms with Gasteiger partial charge in [0, 0.05) is 21.8 Å². The largest absolute Gasteiger partial charge is 0.365 e. The standard InChI is InChI=1S/C21H22BrClN6O4S/c1-13-4-7-16(11-18(13)22)26-21(27-30)19-20(29-33-28-19)25-10-2-3-15(24)12-34(31,32)17-8-5-14(23)6-9-17/h4-9,11,24,30H,2-3,10,12H2,1H3,(H,25,29)(H,26,27). The molecule has 13 heteroatoms. The van der Waals surface area contributed by atoms with Crippen LogP contribution < -0.4 is 10.8 Å². The summed E-state index contributed by atoms with van der Waals surface area (Å²) in [7, 11) is -3.61. The van der Waals surface area contributed by atoms with Crippen LogP contribution in [0.1, 0.15) is 24.1 Å². The number of anilines is 1. The first-order chi connectivity index (χ1) is 16.2. The zero-order chi connectivity index (χ0) is 24.7. The van der Waals surface area contributed by atoms with Crippen molar-refractivity contribution in [2.45, 2.75) is 24.7 Å². The minimum atomic E-state index is -3.61. The molecule has 4 N–H and O–H groups in total. The predicted octanol–water partition coefficient (Wildman–Crippen LogP) is 4.54. The van der Waals surface area contributed by atoms with Gasteiger partial charge in [-0.25, -0.2) is 18.0 Å². The lowest BCUT2D eigenvalue weighted by Gasteiger charge is -2.08. The zero-order valence-corrected chi connectivity index (χ0v) is 21.2. The average molecular weight is 570 g/mol. The normalized spacial score (nSPS) is 11.9. The molecule has 3 rings (SSSR count). The van der Waals surface area contributed by atoms with E-state index in [0.717, 1.165) is 10.0 Å². The third kappa shape index (κ3) is 6.86. The Kier molecular flexibility index (Phi) is 8.78. The van der Waals surface area contributed by atoms with Gasteiger partial charge < -0.3 is 10.7 Å². The third-order valence-electron chi connectivity index (χ3n) is 4.70. The second kappa shape index (κ2) is 11.6. The molecule has 0 unspecified atom stereocenters. The van der Waals surface area contributed by atoms with E-state index in [1.807, 2.05) is 18.5 Å². The number of rotatable bonds is 10. The molecular formula is C21H22BrClN6O4S. The maximum Gasteiger partial charge on any atom is 0.202 e. The molecule has 0 aliphatic carbocycles. The summed E-state index contributed by atoms with van der Waals surface area (Å²) < 4.78 is 30.5. The van der Waals surface area contributed by atoms with Crippen LogP contribution in [0.3, 0.4) is 0 Å². The molecule has 0 saturated heterocycles. The van der Waals surface area contributed by atoms with Crippen molar-refractivity contribution in [1.82, 2.24) is 15.8 Å². The van der Waals surface area contributed by atoms with Gasteiger partial charge in [-0.2, -0.15) is 0 Å². The molecule has 34 heavy (non-hydrogen) atoms. The molecule has 0 amide bonds. The Morgan fingerprint density at radius 1 is 1.24 bits per heavy atom. The zero-order valence-electron chi connectivity index (χ0n) is 18.0. The van der Waals surface area contributed by atoms with Gasteiger partial charge in [0.15, 0.2) is 21.4 Å². The molecule has 0 atom stereocenters. The Hall–Kier alpha value is -2.80. The first-order valence-corrected chi connectivity index (χ1v) is 12.9. The molecule has 0 aliphatic rings. The maximum atomic E-state index is 12.4. The van der Waals surface area contributed by atoms with Gasteiger partial charge in [-0.3, -0.25) is 10.7 Å². The molecule has 0 saturated carbocycles. The first-order valence-electron chi connectivity index (χ1n) is 10.1. The average Bonchev–Trinajstić information content (AvgIpc) is 3.25. The lowest BCUT2D eigenvalue weighted by Crippen LogP contribution is -2.22. The quantitative estimate of drug-likeness (QED) is 0.120. The summed E-state index contributed by atoms with van der Waals surface area (Å²) in [5, 5.41) is 28.6. The highest BCUT2D eigenvalue weighted by Crippen LogP contribution is 2.24. The van der Waals surface area contributed by atoms with Gasteiger partial charge in [0.05, 0.1) is 16.3 Å². The van der Waals surface area contributed by atoms with Gasteiger partial charge in [0.1, 0.15) is 0 Å². The minimum absolute atomic E-state index is 0.0290. The van der Waals surface area contributed by atoms with Crippen molar-refractivity contribution in [3.8, 4) is 0 Å². The topological polar surface area (TPSA) is 154 Å². The van der Waals surface area contributed by atoms with Crippen LogP contribution in [-0.4, -0.2) is 47.8 Å². The predicted molar refractivity (Wildman–Crippen MR) is 133 cm³/mol. The lowest BCUT2D eigenvalue weighted by atomic mass is 10.2. The summed E-state index contributed by atoms with van der Waals surface area (Å²) in [5.41, 5.74) is 3.86. The van der Waals surface area contributed by atoms with Crippen LogP contribution in [-0.2, 0) is 9.84 Å². The van der Waals surface area contributed by atoms with E-state index in [1.54, 1.807) is 12.1 Å². The number of amidine groups is 1. The molecule has 0 radical (unpaired) electrons. The second-order valence-corrected chi connectivity index (χ2v) is 10.6. The molecule has 10 nitrogen and oxygen atoms in total. The number of aromatic nitrogens is 2. The number of benzene rings is 2. The monoisotopic (exact) mass is 568 g/mol. The molecular weight excluding hydrogens is 548 g/mol. The molecule has 0 aliphatic heterocycles. The smallest absolute Gasteiger partial charge is 0.202 e. The number of hydrogen-bond donors (Lipinski definition) is 4. The van der Waals surface area contributed by atoms with Crippen molar-refractivity contribution >= 4 is 60.4 Å². The van der Waals surface area contributed by atoms with E-state index >= 15 is 0 Å². The van der Waals surface area contributed by atoms with E-state index in [4.69, 9.17) is 21.6 Å². The van der Waals surface area contributed by atoms with Crippen LogP contribution in [0.25, 0.3) is 0 Å². The highest BCUT2D eigenvalue weighted by atomic mass is 79.9. The van der Waals surface area contributed by atoms with Gasteiger partial charge in [-0.1, -0.05) is 33.6 Å². The number of halogens is 2. The second-order valence-electron chi connectivity index (χ2n) is 7.31. The number of hydroxylamine groups is 1. The van der Waals surface area contributed by atoms with Crippen molar-refractivity contribution in [3.63, 3.8) is 0 Å². The van der Waals surface area contributed by atoms with Gasteiger partial charge in [-0.05, 0) is 72.0 Å². The molecule has 0 spiro atoms. The molecule has 0 fully saturated rings. The highest BCUT2D eigenvalue weighted by molar-refractivity contribution is 9.10. The first kappa shape index (κ1) is 25.8. The van der Waals surface area contributed by atoms with Gasteiger partial charge in [-0.15, -0.1) is 0 Å². The number of nitrogens with zero attached hydrogens (tertiary/aromatic N) is 3. The summed E-state index contributed by atoms with van der Waals surface area (Å²) in [6, 6.07) is 11.3. The van der Waals surface area contributed by atoms with Crippen LogP contribution >= 0.6 is 27.5 Å². The summed E-state index contributed by atoms with van der Waals surface area (Å²) in [6.45, 7) is 2.30. The van der Waals surface area contributed by atoms with Crippen molar-refractivity contribution < 1.29 is 18.3 Å². The minimum Gasteiger partial charge on any atom is -0.365 e. The number of aliphatic imine (C=N–C) groups is 1. The van der Waals surface area contributed by atoms with Crippen molar-refractivity contribution in [2.24, 2.45) is 4.99 Å². The van der Waals surface area contributed by atoms with Crippen LogP contribution in [0.15, 0.2) is 61.5 Å². The number of nitrogens with one attached hydrogen (secondary N) is 3. The summed E-state index contributed by atoms with van der Waals surface area (Å²) in [5.74, 6) is -0.101.